The van der Waals surface area contributed by atoms with Gasteiger partial charge < -0.3 is 4.74 Å². The summed E-state index contributed by atoms with van der Waals surface area (Å²) in [6.45, 7) is 8.34. The van der Waals surface area contributed by atoms with Crippen molar-refractivity contribution < 1.29 is 4.74 Å². The first kappa shape index (κ1) is 23.2. The zero-order valence-corrected chi connectivity index (χ0v) is 21.6. The van der Waals surface area contributed by atoms with Crippen LogP contribution in [0.15, 0.2) is 85.1 Å². The zero-order valence-electron chi connectivity index (χ0n) is 20.6. The topological polar surface area (TPSA) is 39.9 Å². The third-order valence-electron chi connectivity index (χ3n) is 6.18. The maximum absolute atomic E-state index is 6.06. The maximum atomic E-state index is 6.06. The normalized spacial score (nSPS) is 12.2. The molecular formula is C30H31N3OSi. The van der Waals surface area contributed by atoms with Crippen LogP contribution in [0.3, 0.4) is 0 Å². The number of hydrogen-bond donors (Lipinski definition) is 0. The Bertz CT molecular complexity index is 1480. The van der Waals surface area contributed by atoms with Crippen LogP contribution in [0, 0.1) is 0 Å². The molecule has 2 aromatic heterocycles. The number of hydrogen-bond acceptors (Lipinski definition) is 3. The first-order valence-corrected chi connectivity index (χ1v) is 15.8. The molecule has 0 N–H and O–H groups in total. The van der Waals surface area contributed by atoms with E-state index in [9.17, 15) is 0 Å². The quantitative estimate of drug-likeness (QED) is 0.169. The lowest BCUT2D eigenvalue weighted by Gasteiger charge is -2.15. The smallest absolute Gasteiger partial charge is 0.140 e. The van der Waals surface area contributed by atoms with E-state index in [1.807, 2.05) is 23.0 Å². The van der Waals surface area contributed by atoms with Crippen molar-refractivity contribution in [1.29, 1.82) is 0 Å². The Labute approximate surface area is 207 Å². The van der Waals surface area contributed by atoms with E-state index in [-0.39, 0.29) is 0 Å². The molecule has 5 rings (SSSR count). The fourth-order valence-electron chi connectivity index (χ4n) is 4.21. The number of nitrogens with zero attached hydrogens (tertiary/aromatic N) is 3. The second-order valence-electron chi connectivity index (χ2n) is 10.1. The van der Waals surface area contributed by atoms with Gasteiger partial charge in [-0.15, -0.1) is 0 Å². The molecule has 0 aliphatic heterocycles. The molecule has 0 aliphatic carbocycles. The van der Waals surface area contributed by atoms with Crippen molar-refractivity contribution in [3.05, 3.63) is 96.3 Å². The van der Waals surface area contributed by atoms with Gasteiger partial charge in [-0.25, -0.2) is 4.68 Å². The summed E-state index contributed by atoms with van der Waals surface area (Å²) in [5.41, 5.74) is 6.50. The highest BCUT2D eigenvalue weighted by Crippen LogP contribution is 2.31. The molecule has 5 heteroatoms. The van der Waals surface area contributed by atoms with Crippen molar-refractivity contribution in [1.82, 2.24) is 14.8 Å². The first-order chi connectivity index (χ1) is 17.0. The summed E-state index contributed by atoms with van der Waals surface area (Å²) in [5.74, 6) is 0. The van der Waals surface area contributed by atoms with Crippen molar-refractivity contribution in [2.45, 2.75) is 32.4 Å². The van der Waals surface area contributed by atoms with E-state index in [1.54, 1.807) is 0 Å². The highest BCUT2D eigenvalue weighted by Gasteiger charge is 2.14. The van der Waals surface area contributed by atoms with Crippen LogP contribution >= 0.6 is 0 Å². The van der Waals surface area contributed by atoms with Gasteiger partial charge in [-0.1, -0.05) is 80.3 Å². The Morgan fingerprint density at radius 2 is 1.66 bits per heavy atom. The molecule has 5 aromatic rings. The summed E-state index contributed by atoms with van der Waals surface area (Å²) in [5, 5.41) is 7.21. The Kier molecular flexibility index (Phi) is 6.62. The third-order valence-corrected chi connectivity index (χ3v) is 7.89. The molecule has 0 amide bonds. The van der Waals surface area contributed by atoms with E-state index < -0.39 is 8.07 Å². The second-order valence-corrected chi connectivity index (χ2v) is 15.7. The van der Waals surface area contributed by atoms with Gasteiger partial charge in [0.2, 0.25) is 0 Å². The molecule has 0 spiro atoms. The molecule has 176 valence electrons. The largest absolute Gasteiger partial charge is 0.360 e. The van der Waals surface area contributed by atoms with Crippen molar-refractivity contribution >= 4 is 42.0 Å². The summed E-state index contributed by atoms with van der Waals surface area (Å²) < 4.78 is 8.04. The lowest BCUT2D eigenvalue weighted by molar-refractivity contribution is 0.0816. The van der Waals surface area contributed by atoms with Crippen LogP contribution in [0.4, 0.5) is 0 Å². The van der Waals surface area contributed by atoms with E-state index in [0.29, 0.717) is 6.73 Å². The Morgan fingerprint density at radius 1 is 0.857 bits per heavy atom. The number of ether oxygens (including phenoxy) is 1. The molecule has 0 saturated carbocycles. The van der Waals surface area contributed by atoms with E-state index >= 15 is 0 Å². The summed E-state index contributed by atoms with van der Waals surface area (Å²) in [4.78, 5) is 4.53. The molecule has 3 aromatic carbocycles. The summed E-state index contributed by atoms with van der Waals surface area (Å²) in [6, 6.07) is 28.4. The molecule has 0 aliphatic rings. The predicted molar refractivity (Wildman–Crippen MR) is 150 cm³/mol. The van der Waals surface area contributed by atoms with Crippen molar-refractivity contribution in [2.75, 3.05) is 6.61 Å². The van der Waals surface area contributed by atoms with Gasteiger partial charge in [-0.05, 0) is 53.1 Å². The number of aromatic nitrogens is 3. The number of benzene rings is 3. The Balaban J connectivity index is 1.54. The van der Waals surface area contributed by atoms with Gasteiger partial charge in [0.15, 0.2) is 0 Å². The minimum Gasteiger partial charge on any atom is -0.360 e. The lowest BCUT2D eigenvalue weighted by atomic mass is 9.99. The number of para-hydroxylation sites is 1. The van der Waals surface area contributed by atoms with Crippen LogP contribution < -0.4 is 0 Å². The van der Waals surface area contributed by atoms with Gasteiger partial charge in [0.25, 0.3) is 0 Å². The highest BCUT2D eigenvalue weighted by molar-refractivity contribution is 6.76. The van der Waals surface area contributed by atoms with Crippen molar-refractivity contribution in [2.24, 2.45) is 0 Å². The van der Waals surface area contributed by atoms with Crippen LogP contribution in [-0.2, 0) is 11.5 Å². The molecule has 0 bridgehead atoms. The van der Waals surface area contributed by atoms with Crippen LogP contribution in [0.5, 0.6) is 0 Å². The standard InChI is InChI=1S/C30H31N3OSi/c1-35(2,3)20-19-34-22-33-30-16-14-24(25-17-18-31-28-12-8-7-11-26(25)28)21-27(30)29(32-33)15-13-23-9-5-4-6-10-23/h4-18,21H,19-20,22H2,1-3H3. The number of fused-ring (bicyclic) bond motifs is 2. The first-order valence-electron chi connectivity index (χ1n) is 12.1. The van der Waals surface area contributed by atoms with Crippen molar-refractivity contribution in [3.8, 4) is 11.1 Å². The molecule has 0 radical (unpaired) electrons. The minimum absolute atomic E-state index is 0.456. The highest BCUT2D eigenvalue weighted by atomic mass is 28.3. The van der Waals surface area contributed by atoms with Gasteiger partial charge in [0, 0.05) is 31.7 Å². The van der Waals surface area contributed by atoms with E-state index in [0.717, 1.165) is 51.3 Å². The fraction of sp³-hybridized carbons (Fsp3) is 0.200. The molecule has 0 unspecified atom stereocenters. The molecule has 0 fully saturated rings. The summed E-state index contributed by atoms with van der Waals surface area (Å²) in [6.07, 6.45) is 6.10. The van der Waals surface area contributed by atoms with E-state index in [4.69, 9.17) is 9.84 Å². The summed E-state index contributed by atoms with van der Waals surface area (Å²) in [7, 11) is -1.13. The van der Waals surface area contributed by atoms with Crippen LogP contribution in [-0.4, -0.2) is 29.4 Å². The second kappa shape index (κ2) is 9.98. The third kappa shape index (κ3) is 5.42. The summed E-state index contributed by atoms with van der Waals surface area (Å²) >= 11 is 0. The van der Waals surface area contributed by atoms with Gasteiger partial charge >= 0.3 is 0 Å². The Hall–Kier alpha value is -3.54. The fourth-order valence-corrected chi connectivity index (χ4v) is 4.97. The molecule has 0 saturated heterocycles. The van der Waals surface area contributed by atoms with Gasteiger partial charge in [0.05, 0.1) is 16.7 Å². The number of rotatable bonds is 8. The average molecular weight is 478 g/mol. The van der Waals surface area contributed by atoms with Crippen molar-refractivity contribution in [3.63, 3.8) is 0 Å². The lowest BCUT2D eigenvalue weighted by Crippen LogP contribution is -2.22. The van der Waals surface area contributed by atoms with Gasteiger partial charge in [0.1, 0.15) is 6.73 Å². The molecule has 35 heavy (non-hydrogen) atoms. The van der Waals surface area contributed by atoms with Gasteiger partial charge in [-0.2, -0.15) is 5.10 Å². The molecular weight excluding hydrogens is 446 g/mol. The van der Waals surface area contributed by atoms with Crippen LogP contribution in [0.25, 0.3) is 45.1 Å². The monoisotopic (exact) mass is 477 g/mol. The SMILES string of the molecule is C[Si](C)(C)CCOCn1nc(C=Cc2ccccc2)c2cc(-c3ccnc4ccccc34)ccc21. The predicted octanol–water partition coefficient (Wildman–Crippen LogP) is 7.73. The minimum atomic E-state index is -1.13. The van der Waals surface area contributed by atoms with Crippen LogP contribution in [0.1, 0.15) is 11.3 Å². The Morgan fingerprint density at radius 3 is 2.49 bits per heavy atom. The molecule has 0 atom stereocenters. The zero-order chi connectivity index (χ0) is 24.3. The van der Waals surface area contributed by atoms with E-state index in [1.165, 1.54) is 5.56 Å². The molecule has 2 heterocycles. The number of pyridine rings is 1. The van der Waals surface area contributed by atoms with Crippen LogP contribution in [0.2, 0.25) is 25.7 Å². The van der Waals surface area contributed by atoms with E-state index in [2.05, 4.69) is 104 Å². The van der Waals surface area contributed by atoms with Gasteiger partial charge in [-0.3, -0.25) is 4.98 Å². The molecule has 4 nitrogen and oxygen atoms in total. The maximum Gasteiger partial charge on any atom is 0.140 e. The average Bonchev–Trinajstić information content (AvgIpc) is 3.22.